The van der Waals surface area contributed by atoms with Crippen molar-refractivity contribution in [3.63, 3.8) is 0 Å². The number of aromatic nitrogens is 1. The van der Waals surface area contributed by atoms with Gasteiger partial charge in [-0.05, 0) is 73.4 Å². The van der Waals surface area contributed by atoms with E-state index >= 15 is 0 Å². The van der Waals surface area contributed by atoms with Crippen LogP contribution in [0.4, 0.5) is 5.82 Å². The monoisotopic (exact) mass is 432 g/mol. The number of nitrogens with zero attached hydrogens (tertiary/aromatic N) is 2. The first kappa shape index (κ1) is 21.7. The molecule has 4 rings (SSSR count). The minimum absolute atomic E-state index is 0.622. The Morgan fingerprint density at radius 2 is 1.81 bits per heavy atom. The van der Waals surface area contributed by atoms with Crippen molar-refractivity contribution in [3.05, 3.63) is 81.4 Å². The quantitative estimate of drug-likeness (QED) is 0.365. The second-order valence-electron chi connectivity index (χ2n) is 8.57. The van der Waals surface area contributed by atoms with Gasteiger partial charge in [0, 0.05) is 24.8 Å². The van der Waals surface area contributed by atoms with E-state index in [1.165, 1.54) is 35.1 Å². The lowest BCUT2D eigenvalue weighted by molar-refractivity contribution is 0.184. The molecule has 0 radical (unpaired) electrons. The van der Waals surface area contributed by atoms with Gasteiger partial charge in [0.05, 0.1) is 17.3 Å². The molecule has 0 aliphatic heterocycles. The van der Waals surface area contributed by atoms with Crippen molar-refractivity contribution in [3.8, 4) is 11.3 Å². The van der Waals surface area contributed by atoms with E-state index in [1.54, 1.807) is 7.11 Å². The lowest BCUT2D eigenvalue weighted by Crippen LogP contribution is -2.01. The van der Waals surface area contributed by atoms with Gasteiger partial charge in [-0.25, -0.2) is 9.98 Å². The van der Waals surface area contributed by atoms with Crippen LogP contribution < -0.4 is 0 Å². The van der Waals surface area contributed by atoms with E-state index in [1.807, 2.05) is 13.0 Å². The van der Waals surface area contributed by atoms with Gasteiger partial charge in [0.1, 0.15) is 0 Å². The highest BCUT2D eigenvalue weighted by Gasteiger charge is 2.23. The lowest BCUT2D eigenvalue weighted by Gasteiger charge is -2.10. The molecule has 1 heterocycles. The molecule has 1 fully saturated rings. The molecule has 0 atom stereocenters. The van der Waals surface area contributed by atoms with Gasteiger partial charge in [0.2, 0.25) is 0 Å². The average molecular weight is 433 g/mol. The Balaban J connectivity index is 1.59. The molecule has 0 spiro atoms. The van der Waals surface area contributed by atoms with Gasteiger partial charge >= 0.3 is 0 Å². The maximum Gasteiger partial charge on any atom is 0.155 e. The van der Waals surface area contributed by atoms with Crippen LogP contribution in [-0.4, -0.2) is 17.8 Å². The Kier molecular flexibility index (Phi) is 6.54. The summed E-state index contributed by atoms with van der Waals surface area (Å²) in [4.78, 5) is 9.69. The molecule has 0 saturated heterocycles. The van der Waals surface area contributed by atoms with Gasteiger partial charge in [-0.1, -0.05) is 54.1 Å². The van der Waals surface area contributed by atoms with Crippen molar-refractivity contribution in [2.24, 2.45) is 4.99 Å². The molecule has 0 N–H and O–H groups in total. The van der Waals surface area contributed by atoms with Gasteiger partial charge in [-0.15, -0.1) is 0 Å². The van der Waals surface area contributed by atoms with Crippen LogP contribution >= 0.6 is 11.6 Å². The lowest BCUT2D eigenvalue weighted by atomic mass is 10.0. The van der Waals surface area contributed by atoms with Crippen LogP contribution in [0.15, 0.2) is 53.5 Å². The highest BCUT2D eigenvalue weighted by atomic mass is 35.5. The molecule has 0 unspecified atom stereocenters. The number of halogens is 1. The molecule has 1 aromatic heterocycles. The van der Waals surface area contributed by atoms with E-state index in [4.69, 9.17) is 26.3 Å². The van der Waals surface area contributed by atoms with E-state index in [0.717, 1.165) is 40.7 Å². The van der Waals surface area contributed by atoms with E-state index in [0.29, 0.717) is 11.6 Å². The SMILES string of the molecule is COCc1cc(C/C(C)=N/c2nc(-c3ccc(C4CC4)cc3)c(Cl)cc2C)ccc1C. The van der Waals surface area contributed by atoms with Crippen molar-refractivity contribution in [2.75, 3.05) is 7.11 Å². The van der Waals surface area contributed by atoms with Crippen LogP contribution in [0.25, 0.3) is 11.3 Å². The van der Waals surface area contributed by atoms with Crippen molar-refractivity contribution in [2.45, 2.75) is 52.6 Å². The largest absolute Gasteiger partial charge is 0.380 e. The summed E-state index contributed by atoms with van der Waals surface area (Å²) in [6, 6.07) is 17.1. The van der Waals surface area contributed by atoms with Gasteiger partial charge in [-0.2, -0.15) is 0 Å². The van der Waals surface area contributed by atoms with Gasteiger partial charge < -0.3 is 4.74 Å². The molecule has 1 saturated carbocycles. The summed E-state index contributed by atoms with van der Waals surface area (Å²) in [5.74, 6) is 1.47. The zero-order valence-electron chi connectivity index (χ0n) is 18.7. The molecular formula is C27H29ClN2O. The Bertz CT molecular complexity index is 1110. The number of ether oxygens (including phenoxy) is 1. The maximum atomic E-state index is 6.56. The second-order valence-corrected chi connectivity index (χ2v) is 8.98. The normalized spacial score (nSPS) is 14.2. The topological polar surface area (TPSA) is 34.5 Å². The molecule has 1 aliphatic rings. The van der Waals surface area contributed by atoms with Crippen molar-refractivity contribution < 1.29 is 4.74 Å². The summed E-state index contributed by atoms with van der Waals surface area (Å²) in [6.07, 6.45) is 3.37. The van der Waals surface area contributed by atoms with E-state index < -0.39 is 0 Å². The van der Waals surface area contributed by atoms with Crippen LogP contribution in [0, 0.1) is 13.8 Å². The van der Waals surface area contributed by atoms with Crippen LogP contribution in [0.1, 0.15) is 53.5 Å². The van der Waals surface area contributed by atoms with Gasteiger partial charge in [0.15, 0.2) is 5.82 Å². The predicted molar refractivity (Wildman–Crippen MR) is 130 cm³/mol. The Morgan fingerprint density at radius 1 is 1.06 bits per heavy atom. The molecule has 31 heavy (non-hydrogen) atoms. The number of aryl methyl sites for hydroxylation is 2. The first-order chi connectivity index (χ1) is 14.9. The van der Waals surface area contributed by atoms with Gasteiger partial charge in [0.25, 0.3) is 0 Å². The predicted octanol–water partition coefficient (Wildman–Crippen LogP) is 7.38. The summed E-state index contributed by atoms with van der Waals surface area (Å²) >= 11 is 6.56. The van der Waals surface area contributed by atoms with E-state index in [-0.39, 0.29) is 0 Å². The molecule has 3 aromatic rings. The summed E-state index contributed by atoms with van der Waals surface area (Å²) in [7, 11) is 1.73. The van der Waals surface area contributed by atoms with Crippen molar-refractivity contribution in [1.29, 1.82) is 0 Å². The van der Waals surface area contributed by atoms with E-state index in [2.05, 4.69) is 56.3 Å². The second kappa shape index (κ2) is 9.33. The average Bonchev–Trinajstić information content (AvgIpc) is 3.58. The first-order valence-corrected chi connectivity index (χ1v) is 11.2. The Hall–Kier alpha value is -2.49. The number of pyridine rings is 1. The Morgan fingerprint density at radius 3 is 2.48 bits per heavy atom. The minimum Gasteiger partial charge on any atom is -0.380 e. The number of aliphatic imine (C=N–C) groups is 1. The number of benzene rings is 2. The third-order valence-corrected chi connectivity index (χ3v) is 6.13. The number of methoxy groups -OCH3 is 1. The number of hydrogen-bond acceptors (Lipinski definition) is 3. The fraction of sp³-hybridized carbons (Fsp3) is 0.333. The molecule has 0 amide bonds. The maximum absolute atomic E-state index is 6.56. The fourth-order valence-corrected chi connectivity index (χ4v) is 4.19. The third-order valence-electron chi connectivity index (χ3n) is 5.84. The van der Waals surface area contributed by atoms with E-state index in [9.17, 15) is 0 Å². The molecule has 0 bridgehead atoms. The zero-order chi connectivity index (χ0) is 22.0. The molecule has 2 aromatic carbocycles. The van der Waals surface area contributed by atoms with Crippen molar-refractivity contribution in [1.82, 2.24) is 4.98 Å². The Labute approximate surface area is 190 Å². The molecule has 3 nitrogen and oxygen atoms in total. The number of rotatable bonds is 7. The number of hydrogen-bond donors (Lipinski definition) is 0. The van der Waals surface area contributed by atoms with Gasteiger partial charge in [-0.3, -0.25) is 0 Å². The minimum atomic E-state index is 0.622. The highest BCUT2D eigenvalue weighted by molar-refractivity contribution is 6.33. The first-order valence-electron chi connectivity index (χ1n) is 10.8. The summed E-state index contributed by atoms with van der Waals surface area (Å²) in [6.45, 7) is 6.79. The zero-order valence-corrected chi connectivity index (χ0v) is 19.5. The smallest absolute Gasteiger partial charge is 0.155 e. The summed E-state index contributed by atoms with van der Waals surface area (Å²) in [5.41, 5.74) is 8.91. The summed E-state index contributed by atoms with van der Waals surface area (Å²) in [5, 5.41) is 0.663. The summed E-state index contributed by atoms with van der Waals surface area (Å²) < 4.78 is 5.32. The van der Waals surface area contributed by atoms with Crippen LogP contribution in [0.2, 0.25) is 5.02 Å². The highest BCUT2D eigenvalue weighted by Crippen LogP contribution is 2.41. The van der Waals surface area contributed by atoms with Crippen molar-refractivity contribution >= 4 is 23.1 Å². The van der Waals surface area contributed by atoms with Crippen LogP contribution in [0.3, 0.4) is 0 Å². The van der Waals surface area contributed by atoms with Crippen LogP contribution in [0.5, 0.6) is 0 Å². The molecule has 1 aliphatic carbocycles. The standard InChI is InChI=1S/C27H29ClN2O/c1-17-5-6-20(15-24(17)16-31-4)14-19(3)29-27-18(2)13-25(28)26(30-27)23-11-9-22(10-12-23)21-7-8-21/h5-6,9-13,15,21H,7-8,14,16H2,1-4H3/b29-19+. The molecular weight excluding hydrogens is 404 g/mol. The fourth-order valence-electron chi connectivity index (χ4n) is 3.88. The molecule has 4 heteroatoms. The molecule has 160 valence electrons. The van der Waals surface area contributed by atoms with Crippen LogP contribution in [-0.2, 0) is 17.8 Å². The third kappa shape index (κ3) is 5.23.